The van der Waals surface area contributed by atoms with Crippen LogP contribution >= 0.6 is 11.8 Å². The molecule has 1 amide bonds. The lowest BCUT2D eigenvalue weighted by molar-refractivity contribution is -0.139. The van der Waals surface area contributed by atoms with Gasteiger partial charge in [-0.15, -0.1) is 0 Å². The summed E-state index contributed by atoms with van der Waals surface area (Å²) in [5, 5.41) is 5.73. The number of rotatable bonds is 10. The molecule has 3 aliphatic heterocycles. The summed E-state index contributed by atoms with van der Waals surface area (Å²) in [6.45, 7) is 8.85. The zero-order chi connectivity index (χ0) is 25.5. The lowest BCUT2D eigenvalue weighted by atomic mass is 9.93. The van der Waals surface area contributed by atoms with Crippen molar-refractivity contribution in [3.05, 3.63) is 52.2 Å². The summed E-state index contributed by atoms with van der Waals surface area (Å²) in [5.41, 5.74) is 2.74. The van der Waals surface area contributed by atoms with Crippen LogP contribution in [-0.2, 0) is 19.1 Å². The number of benzene rings is 1. The van der Waals surface area contributed by atoms with Crippen molar-refractivity contribution in [1.29, 1.82) is 0 Å². The van der Waals surface area contributed by atoms with Crippen molar-refractivity contribution < 1.29 is 23.8 Å². The molecule has 3 aliphatic rings. The molecule has 1 aromatic rings. The zero-order valence-electron chi connectivity index (χ0n) is 21.1. The maximum atomic E-state index is 13.0. The van der Waals surface area contributed by atoms with Crippen LogP contribution in [0, 0.1) is 0 Å². The van der Waals surface area contributed by atoms with Gasteiger partial charge in [-0.2, -0.15) is 0 Å². The molecule has 9 nitrogen and oxygen atoms in total. The summed E-state index contributed by atoms with van der Waals surface area (Å²) < 4.78 is 16.2. The van der Waals surface area contributed by atoms with Crippen molar-refractivity contribution in [2.45, 2.75) is 32.7 Å². The number of nitrogens with zero attached hydrogens (tertiary/aromatic N) is 3. The maximum absolute atomic E-state index is 13.0. The Bertz CT molecular complexity index is 1060. The molecule has 0 aliphatic carbocycles. The van der Waals surface area contributed by atoms with E-state index in [4.69, 9.17) is 14.2 Å². The number of morpholine rings is 1. The van der Waals surface area contributed by atoms with Crippen LogP contribution in [0.15, 0.2) is 51.6 Å². The Balaban J connectivity index is 1.48. The van der Waals surface area contributed by atoms with Crippen LogP contribution in [0.25, 0.3) is 0 Å². The number of fused-ring (bicyclic) bond motifs is 1. The van der Waals surface area contributed by atoms with Gasteiger partial charge in [0.05, 0.1) is 50.7 Å². The third-order valence-electron chi connectivity index (χ3n) is 6.32. The van der Waals surface area contributed by atoms with Gasteiger partial charge in [-0.3, -0.25) is 9.69 Å². The number of methoxy groups -OCH3 is 1. The number of ether oxygens (including phenoxy) is 3. The largest absolute Gasteiger partial charge is 0.497 e. The molecule has 1 atom stereocenters. The van der Waals surface area contributed by atoms with Crippen molar-refractivity contribution in [3.63, 3.8) is 0 Å². The number of carbonyl (C=O) groups is 2. The predicted octanol–water partition coefficient (Wildman–Crippen LogP) is 3.06. The standard InChI is InChI=1S/C26H34N4O5S/c1-4-35-25(32)23-18(2)28-26-30(24(23)19-7-5-8-21(15-19)33-3)20(17-36-26)16-22(31)27-9-6-10-29-11-13-34-14-12-29/h5,7-8,15,17,24H,4,6,9-14,16H2,1-3H3,(H,27,31)/t24-/m1/s1. The quantitative estimate of drug-likeness (QED) is 0.376. The van der Waals surface area contributed by atoms with Gasteiger partial charge in [0.25, 0.3) is 0 Å². The molecule has 10 heteroatoms. The van der Waals surface area contributed by atoms with Crippen LogP contribution < -0.4 is 10.1 Å². The van der Waals surface area contributed by atoms with Crippen LogP contribution in [-0.4, -0.2) is 80.0 Å². The third kappa shape index (κ3) is 6.11. The molecule has 36 heavy (non-hydrogen) atoms. The molecular weight excluding hydrogens is 480 g/mol. The van der Waals surface area contributed by atoms with Gasteiger partial charge in [0.15, 0.2) is 5.17 Å². The average molecular weight is 515 g/mol. The number of allylic oxidation sites excluding steroid dienone is 1. The molecular formula is C26H34N4O5S. The highest BCUT2D eigenvalue weighted by molar-refractivity contribution is 8.16. The van der Waals surface area contributed by atoms with E-state index in [2.05, 4.69) is 15.2 Å². The van der Waals surface area contributed by atoms with E-state index in [0.717, 1.165) is 55.7 Å². The molecule has 194 valence electrons. The summed E-state index contributed by atoms with van der Waals surface area (Å²) in [7, 11) is 1.61. The number of nitrogens with one attached hydrogen (secondary N) is 1. The summed E-state index contributed by atoms with van der Waals surface area (Å²) >= 11 is 1.46. The lowest BCUT2D eigenvalue weighted by Gasteiger charge is -2.36. The van der Waals surface area contributed by atoms with Gasteiger partial charge in [0, 0.05) is 25.3 Å². The minimum Gasteiger partial charge on any atom is -0.497 e. The van der Waals surface area contributed by atoms with E-state index in [0.29, 0.717) is 23.6 Å². The third-order valence-corrected chi connectivity index (χ3v) is 7.21. The van der Waals surface area contributed by atoms with Gasteiger partial charge in [-0.25, -0.2) is 9.79 Å². The predicted molar refractivity (Wildman–Crippen MR) is 140 cm³/mol. The highest BCUT2D eigenvalue weighted by Gasteiger charge is 2.41. The molecule has 0 saturated carbocycles. The zero-order valence-corrected chi connectivity index (χ0v) is 21.9. The average Bonchev–Trinajstić information content (AvgIpc) is 3.28. The molecule has 3 heterocycles. The van der Waals surface area contributed by atoms with Crippen molar-refractivity contribution in [1.82, 2.24) is 15.1 Å². The molecule has 0 bridgehead atoms. The van der Waals surface area contributed by atoms with Crippen LogP contribution in [0.5, 0.6) is 5.75 Å². The summed E-state index contributed by atoms with van der Waals surface area (Å²) in [5.74, 6) is 0.223. The number of hydrogen-bond acceptors (Lipinski definition) is 9. The summed E-state index contributed by atoms with van der Waals surface area (Å²) in [6, 6.07) is 7.15. The van der Waals surface area contributed by atoms with Gasteiger partial charge < -0.3 is 24.4 Å². The first kappa shape index (κ1) is 26.2. The molecule has 0 unspecified atom stereocenters. The minimum atomic E-state index is -0.470. The van der Waals surface area contributed by atoms with E-state index in [-0.39, 0.29) is 18.9 Å². The van der Waals surface area contributed by atoms with Gasteiger partial charge in [0.1, 0.15) is 5.75 Å². The van der Waals surface area contributed by atoms with Gasteiger partial charge in [-0.05, 0) is 49.9 Å². The Morgan fingerprint density at radius 3 is 2.83 bits per heavy atom. The summed E-state index contributed by atoms with van der Waals surface area (Å²) in [6.07, 6.45) is 1.08. The molecule has 1 aromatic carbocycles. The van der Waals surface area contributed by atoms with E-state index in [1.165, 1.54) is 11.8 Å². The monoisotopic (exact) mass is 514 g/mol. The van der Waals surface area contributed by atoms with Crippen molar-refractivity contribution in [2.75, 3.05) is 53.1 Å². The first-order chi connectivity index (χ1) is 17.5. The Morgan fingerprint density at radius 1 is 1.28 bits per heavy atom. The highest BCUT2D eigenvalue weighted by atomic mass is 32.2. The van der Waals surface area contributed by atoms with Crippen LogP contribution in [0.1, 0.15) is 38.3 Å². The molecule has 0 radical (unpaired) electrons. The van der Waals surface area contributed by atoms with E-state index in [1.54, 1.807) is 14.0 Å². The van der Waals surface area contributed by atoms with E-state index in [1.807, 2.05) is 41.5 Å². The Kier molecular flexibility index (Phi) is 9.06. The number of thioether (sulfide) groups is 1. The first-order valence-corrected chi connectivity index (χ1v) is 13.2. The SMILES string of the molecule is CCOC(=O)C1=C(C)N=C2SC=C(CC(=O)NCCCN3CCOCC3)N2[C@@H]1c1cccc(OC)c1. The molecule has 1 saturated heterocycles. The van der Waals surface area contributed by atoms with E-state index < -0.39 is 12.0 Å². The van der Waals surface area contributed by atoms with Gasteiger partial charge >= 0.3 is 5.97 Å². The molecule has 1 N–H and O–H groups in total. The number of aliphatic imine (C=N–C) groups is 1. The second-order valence-corrected chi connectivity index (χ2v) is 9.56. The first-order valence-electron chi connectivity index (χ1n) is 12.3. The van der Waals surface area contributed by atoms with Crippen molar-refractivity contribution >= 4 is 28.8 Å². The molecule has 1 fully saturated rings. The highest BCUT2D eigenvalue weighted by Crippen LogP contribution is 2.45. The van der Waals surface area contributed by atoms with Crippen LogP contribution in [0.3, 0.4) is 0 Å². The van der Waals surface area contributed by atoms with Crippen molar-refractivity contribution in [2.24, 2.45) is 4.99 Å². The second-order valence-electron chi connectivity index (χ2n) is 8.72. The number of amidine groups is 1. The van der Waals surface area contributed by atoms with Gasteiger partial charge in [-0.1, -0.05) is 23.9 Å². The van der Waals surface area contributed by atoms with Crippen LogP contribution in [0.4, 0.5) is 0 Å². The fourth-order valence-electron chi connectivity index (χ4n) is 4.55. The number of carbonyl (C=O) groups excluding carboxylic acids is 2. The fraction of sp³-hybridized carbons (Fsp3) is 0.500. The van der Waals surface area contributed by atoms with Crippen LogP contribution in [0.2, 0.25) is 0 Å². The summed E-state index contributed by atoms with van der Waals surface area (Å²) in [4.78, 5) is 34.9. The van der Waals surface area contributed by atoms with Crippen molar-refractivity contribution in [3.8, 4) is 5.75 Å². The molecule has 0 aromatic heterocycles. The topological polar surface area (TPSA) is 92.7 Å². The normalized spacial score (nSPS) is 20.0. The Labute approximate surface area is 216 Å². The number of amides is 1. The Hall–Kier alpha value is -2.82. The van der Waals surface area contributed by atoms with E-state index in [9.17, 15) is 9.59 Å². The number of esters is 1. The molecule has 0 spiro atoms. The second kappa shape index (κ2) is 12.4. The maximum Gasteiger partial charge on any atom is 0.338 e. The number of hydrogen-bond donors (Lipinski definition) is 1. The lowest BCUT2D eigenvalue weighted by Crippen LogP contribution is -2.39. The Morgan fingerprint density at radius 2 is 2.08 bits per heavy atom. The minimum absolute atomic E-state index is 0.0570. The molecule has 4 rings (SSSR count). The van der Waals surface area contributed by atoms with Gasteiger partial charge in [0.2, 0.25) is 5.91 Å². The smallest absolute Gasteiger partial charge is 0.338 e. The fourth-order valence-corrected chi connectivity index (χ4v) is 5.51. The van der Waals surface area contributed by atoms with E-state index >= 15 is 0 Å².